The molecule has 6 heteroatoms. The third-order valence-corrected chi connectivity index (χ3v) is 3.98. The molecule has 1 atom stereocenters. The van der Waals surface area contributed by atoms with Crippen molar-refractivity contribution in [3.63, 3.8) is 0 Å². The van der Waals surface area contributed by atoms with Crippen LogP contribution in [0.25, 0.3) is 0 Å². The maximum Gasteiger partial charge on any atom is 0.307 e. The molecule has 19 heavy (non-hydrogen) atoms. The smallest absolute Gasteiger partial charge is 0.307 e. The molecule has 0 aliphatic carbocycles. The molecule has 2 heterocycles. The number of carbonyl (C=O) groups is 2. The lowest BCUT2D eigenvalue weighted by Crippen LogP contribution is -2.44. The number of esters is 1. The molecule has 1 fully saturated rings. The van der Waals surface area contributed by atoms with Gasteiger partial charge in [0.2, 0.25) is 0 Å². The summed E-state index contributed by atoms with van der Waals surface area (Å²) in [6, 6.07) is 1.55. The summed E-state index contributed by atoms with van der Waals surface area (Å²) >= 11 is 3.21. The molecule has 1 unspecified atom stereocenters. The van der Waals surface area contributed by atoms with E-state index in [2.05, 4.69) is 15.9 Å². The highest BCUT2D eigenvalue weighted by molar-refractivity contribution is 9.10. The van der Waals surface area contributed by atoms with Crippen molar-refractivity contribution in [1.82, 2.24) is 4.90 Å². The van der Waals surface area contributed by atoms with Crippen molar-refractivity contribution in [3.8, 4) is 0 Å². The Balaban J connectivity index is 2.13. The van der Waals surface area contributed by atoms with Crippen molar-refractivity contribution < 1.29 is 18.7 Å². The second kappa shape index (κ2) is 6.23. The number of piperidine rings is 1. The maximum atomic E-state index is 12.4. The molecule has 1 aliphatic heterocycles. The first kappa shape index (κ1) is 14.1. The van der Waals surface area contributed by atoms with Gasteiger partial charge < -0.3 is 14.1 Å². The molecule has 0 saturated carbocycles. The summed E-state index contributed by atoms with van der Waals surface area (Å²) in [6.07, 6.45) is 4.53. The van der Waals surface area contributed by atoms with Gasteiger partial charge in [0.05, 0.1) is 25.4 Å². The average molecular weight is 330 g/mol. The second-order valence-electron chi connectivity index (χ2n) is 4.54. The first-order valence-electron chi connectivity index (χ1n) is 6.24. The molecular weight excluding hydrogens is 314 g/mol. The number of hydrogen-bond donors (Lipinski definition) is 0. The Labute approximate surface area is 120 Å². The maximum absolute atomic E-state index is 12.4. The van der Waals surface area contributed by atoms with Crippen LogP contribution in [0.5, 0.6) is 0 Å². The van der Waals surface area contributed by atoms with E-state index in [1.165, 1.54) is 13.4 Å². The number of likely N-dealkylation sites (tertiary alicyclic amines) is 1. The number of furan rings is 1. The van der Waals surface area contributed by atoms with E-state index in [9.17, 15) is 9.59 Å². The Hall–Kier alpha value is -1.30. The van der Waals surface area contributed by atoms with Gasteiger partial charge in [-0.2, -0.15) is 0 Å². The normalized spacial score (nSPS) is 19.3. The first-order valence-corrected chi connectivity index (χ1v) is 7.03. The summed E-state index contributed by atoms with van der Waals surface area (Å²) < 4.78 is 10.2. The fourth-order valence-electron chi connectivity index (χ4n) is 2.36. The minimum absolute atomic E-state index is 0.0875. The molecule has 0 spiro atoms. The molecule has 2 rings (SSSR count). The highest BCUT2D eigenvalue weighted by atomic mass is 79.9. The van der Waals surface area contributed by atoms with Crippen LogP contribution in [0, 0.1) is 0 Å². The summed E-state index contributed by atoms with van der Waals surface area (Å²) in [5.41, 5.74) is 0.497. The van der Waals surface area contributed by atoms with Gasteiger partial charge in [-0.15, -0.1) is 0 Å². The average Bonchev–Trinajstić information content (AvgIpc) is 2.84. The van der Waals surface area contributed by atoms with Gasteiger partial charge in [-0.05, 0) is 41.3 Å². The number of amides is 1. The van der Waals surface area contributed by atoms with Crippen LogP contribution in [0.15, 0.2) is 21.4 Å². The van der Waals surface area contributed by atoms with Crippen LogP contribution in [-0.2, 0) is 9.53 Å². The molecule has 0 aromatic carbocycles. The lowest BCUT2D eigenvalue weighted by molar-refractivity contribution is -0.142. The summed E-state index contributed by atoms with van der Waals surface area (Å²) in [5, 5.41) is 0. The van der Waals surface area contributed by atoms with Crippen LogP contribution in [0.1, 0.15) is 36.0 Å². The van der Waals surface area contributed by atoms with Crippen LogP contribution in [0.3, 0.4) is 0 Å². The largest absolute Gasteiger partial charge is 0.469 e. The molecular formula is C13H16BrNO4. The topological polar surface area (TPSA) is 59.8 Å². The summed E-state index contributed by atoms with van der Waals surface area (Å²) in [4.78, 5) is 25.6. The van der Waals surface area contributed by atoms with E-state index in [1.807, 2.05) is 0 Å². The number of hydrogen-bond acceptors (Lipinski definition) is 4. The zero-order valence-corrected chi connectivity index (χ0v) is 12.3. The van der Waals surface area contributed by atoms with E-state index in [1.54, 1.807) is 11.0 Å². The van der Waals surface area contributed by atoms with Gasteiger partial charge >= 0.3 is 5.97 Å². The van der Waals surface area contributed by atoms with Crippen LogP contribution >= 0.6 is 15.9 Å². The summed E-state index contributed by atoms with van der Waals surface area (Å²) in [5.74, 6) is -0.384. The van der Waals surface area contributed by atoms with Gasteiger partial charge in [0.15, 0.2) is 4.67 Å². The minimum Gasteiger partial charge on any atom is -0.469 e. The Morgan fingerprint density at radius 3 is 2.95 bits per heavy atom. The second-order valence-corrected chi connectivity index (χ2v) is 5.26. The Bertz CT molecular complexity index is 471. The lowest BCUT2D eigenvalue weighted by Gasteiger charge is -2.35. The third-order valence-electron chi connectivity index (χ3n) is 3.37. The molecule has 5 nitrogen and oxygen atoms in total. The SMILES string of the molecule is COC(=O)CC1CCCCN1C(=O)c1ccoc1Br. The fraction of sp³-hybridized carbons (Fsp3) is 0.538. The number of carbonyl (C=O) groups excluding carboxylic acids is 2. The van der Waals surface area contributed by atoms with Crippen molar-refractivity contribution >= 4 is 27.8 Å². The van der Waals surface area contributed by atoms with Gasteiger partial charge in [-0.3, -0.25) is 9.59 Å². The molecule has 0 N–H and O–H groups in total. The molecule has 104 valence electrons. The van der Waals surface area contributed by atoms with E-state index in [-0.39, 0.29) is 24.3 Å². The monoisotopic (exact) mass is 329 g/mol. The fourth-order valence-corrected chi connectivity index (χ4v) is 2.77. The van der Waals surface area contributed by atoms with Crippen molar-refractivity contribution in [1.29, 1.82) is 0 Å². The molecule has 1 aromatic rings. The minimum atomic E-state index is -0.282. The molecule has 0 bridgehead atoms. The Kier molecular flexibility index (Phi) is 4.63. The zero-order valence-electron chi connectivity index (χ0n) is 10.7. The number of methoxy groups -OCH3 is 1. The van der Waals surface area contributed by atoms with Crippen LogP contribution < -0.4 is 0 Å². The highest BCUT2D eigenvalue weighted by Crippen LogP contribution is 2.25. The molecule has 1 aromatic heterocycles. The van der Waals surface area contributed by atoms with Crippen LogP contribution in [0.2, 0.25) is 0 Å². The van der Waals surface area contributed by atoms with E-state index >= 15 is 0 Å². The standard InChI is InChI=1S/C13H16BrNO4/c1-18-11(16)8-9-4-2-3-6-15(9)13(17)10-5-7-19-12(10)14/h5,7,9H,2-4,6,8H2,1H3. The number of ether oxygens (including phenoxy) is 1. The number of nitrogens with zero attached hydrogens (tertiary/aromatic N) is 1. The van der Waals surface area contributed by atoms with E-state index in [0.29, 0.717) is 16.8 Å². The summed E-state index contributed by atoms with van der Waals surface area (Å²) in [6.45, 7) is 0.665. The Morgan fingerprint density at radius 2 is 2.32 bits per heavy atom. The van der Waals surface area contributed by atoms with Crippen molar-refractivity contribution in [3.05, 3.63) is 22.6 Å². The van der Waals surface area contributed by atoms with E-state index in [0.717, 1.165) is 19.3 Å². The van der Waals surface area contributed by atoms with Crippen molar-refractivity contribution in [2.45, 2.75) is 31.7 Å². The van der Waals surface area contributed by atoms with Crippen LogP contribution in [0.4, 0.5) is 0 Å². The highest BCUT2D eigenvalue weighted by Gasteiger charge is 2.30. The Morgan fingerprint density at radius 1 is 1.53 bits per heavy atom. The molecule has 1 aliphatic rings. The van der Waals surface area contributed by atoms with Gasteiger partial charge in [-0.25, -0.2) is 0 Å². The van der Waals surface area contributed by atoms with Crippen LogP contribution in [-0.4, -0.2) is 36.5 Å². The predicted octanol–water partition coefficient (Wildman–Crippen LogP) is 2.60. The first-order chi connectivity index (χ1) is 9.13. The van der Waals surface area contributed by atoms with Crippen molar-refractivity contribution in [2.75, 3.05) is 13.7 Å². The van der Waals surface area contributed by atoms with Gasteiger partial charge in [0.1, 0.15) is 0 Å². The lowest BCUT2D eigenvalue weighted by atomic mass is 9.98. The van der Waals surface area contributed by atoms with Gasteiger partial charge in [0.25, 0.3) is 5.91 Å². The number of rotatable bonds is 3. The molecule has 0 radical (unpaired) electrons. The summed E-state index contributed by atoms with van der Waals surface area (Å²) in [7, 11) is 1.37. The van der Waals surface area contributed by atoms with Crippen molar-refractivity contribution in [2.24, 2.45) is 0 Å². The molecule has 1 amide bonds. The number of halogens is 1. The molecule has 1 saturated heterocycles. The van der Waals surface area contributed by atoms with Gasteiger partial charge in [0, 0.05) is 12.6 Å². The quantitative estimate of drug-likeness (QED) is 0.800. The van der Waals surface area contributed by atoms with E-state index < -0.39 is 0 Å². The predicted molar refractivity (Wildman–Crippen MR) is 71.7 cm³/mol. The van der Waals surface area contributed by atoms with E-state index in [4.69, 9.17) is 9.15 Å². The zero-order chi connectivity index (χ0) is 13.8. The third kappa shape index (κ3) is 3.18. The van der Waals surface area contributed by atoms with Gasteiger partial charge in [-0.1, -0.05) is 0 Å².